The van der Waals surface area contributed by atoms with E-state index in [1.807, 2.05) is 13.0 Å². The molecular weight excluding hydrogens is 520 g/mol. The zero-order valence-corrected chi connectivity index (χ0v) is 23.9. The number of nitrogens with one attached hydrogen (secondary N) is 1. The number of hydrogen-bond donors (Lipinski definition) is 6. The normalized spacial score (nSPS) is 38.9. The summed E-state index contributed by atoms with van der Waals surface area (Å²) in [5.74, 6) is -2.18. The number of aliphatic hydroxyl groups excluding tert-OH is 3. The maximum atomic E-state index is 12.6. The van der Waals surface area contributed by atoms with Crippen LogP contribution in [0, 0.1) is 34.0 Å². The number of amides is 1. The number of oxime groups is 1. The van der Waals surface area contributed by atoms with Gasteiger partial charge < -0.3 is 35.7 Å². The maximum absolute atomic E-state index is 12.6. The number of carbonyl (C=O) groups excluding carboxylic acids is 2. The summed E-state index contributed by atoms with van der Waals surface area (Å²) < 4.78 is 0. The van der Waals surface area contributed by atoms with Crippen LogP contribution in [0.2, 0.25) is 0 Å². The van der Waals surface area contributed by atoms with Crippen LogP contribution in [0.5, 0.6) is 0 Å². The van der Waals surface area contributed by atoms with Crippen molar-refractivity contribution in [2.75, 3.05) is 19.8 Å². The third-order valence-electron chi connectivity index (χ3n) is 10.8. The summed E-state index contributed by atoms with van der Waals surface area (Å²) in [7, 11) is 0. The molecule has 0 saturated heterocycles. The predicted molar refractivity (Wildman–Crippen MR) is 144 cm³/mol. The number of aliphatic hydroxyl groups is 4. The van der Waals surface area contributed by atoms with Crippen molar-refractivity contribution in [2.24, 2.45) is 39.2 Å². The Labute approximate surface area is 234 Å². The molecule has 11 heteroatoms. The van der Waals surface area contributed by atoms with Gasteiger partial charge in [-0.1, -0.05) is 38.4 Å². The first-order valence-electron chi connectivity index (χ1n) is 14.2. The predicted octanol–water partition coefficient (Wildman–Crippen LogP) is 1.17. The first kappa shape index (κ1) is 30.6. The number of carboxylic acid groups (broad SMARTS) is 1. The van der Waals surface area contributed by atoms with Crippen molar-refractivity contribution in [3.63, 3.8) is 0 Å². The molecule has 11 nitrogen and oxygen atoms in total. The third-order valence-corrected chi connectivity index (χ3v) is 10.8. The Kier molecular flexibility index (Phi) is 8.28. The fourth-order valence-corrected chi connectivity index (χ4v) is 8.35. The van der Waals surface area contributed by atoms with Gasteiger partial charge in [0.2, 0.25) is 0 Å². The second kappa shape index (κ2) is 10.8. The molecule has 224 valence electrons. The number of allylic oxidation sites excluding steroid dienone is 2. The molecule has 0 heterocycles. The van der Waals surface area contributed by atoms with E-state index >= 15 is 0 Å². The van der Waals surface area contributed by atoms with Crippen LogP contribution in [0.4, 0.5) is 0 Å². The van der Waals surface area contributed by atoms with Gasteiger partial charge in [-0.3, -0.25) is 9.59 Å². The van der Waals surface area contributed by atoms with E-state index in [0.717, 1.165) is 19.3 Å². The molecule has 40 heavy (non-hydrogen) atoms. The van der Waals surface area contributed by atoms with Gasteiger partial charge in [0.1, 0.15) is 12.2 Å². The highest BCUT2D eigenvalue weighted by Crippen LogP contribution is 2.67. The second-order valence-electron chi connectivity index (χ2n) is 13.5. The van der Waals surface area contributed by atoms with E-state index in [2.05, 4.69) is 17.4 Å². The van der Waals surface area contributed by atoms with Gasteiger partial charge in [-0.25, -0.2) is 4.79 Å². The lowest BCUT2D eigenvalue weighted by Gasteiger charge is -2.60. The Bertz CT molecular complexity index is 1100. The molecule has 4 rings (SSSR count). The summed E-state index contributed by atoms with van der Waals surface area (Å²) in [4.78, 5) is 41.1. The minimum atomic E-state index is -1.62. The molecule has 0 unspecified atom stereocenters. The largest absolute Gasteiger partial charge is 0.479 e. The van der Waals surface area contributed by atoms with Crippen molar-refractivity contribution >= 4 is 23.4 Å². The number of aliphatic carboxylic acids is 1. The van der Waals surface area contributed by atoms with E-state index in [4.69, 9.17) is 9.94 Å². The van der Waals surface area contributed by atoms with E-state index in [0.29, 0.717) is 31.4 Å². The summed E-state index contributed by atoms with van der Waals surface area (Å²) >= 11 is 0. The Morgan fingerprint density at radius 2 is 1.90 bits per heavy atom. The van der Waals surface area contributed by atoms with Gasteiger partial charge in [-0.15, -0.1) is 0 Å². The van der Waals surface area contributed by atoms with Gasteiger partial charge in [-0.05, 0) is 74.2 Å². The van der Waals surface area contributed by atoms with Crippen LogP contribution < -0.4 is 5.32 Å². The highest BCUT2D eigenvalue weighted by Gasteiger charge is 2.68. The molecule has 8 atom stereocenters. The number of ketones is 1. The van der Waals surface area contributed by atoms with Gasteiger partial charge in [0.25, 0.3) is 5.91 Å². The number of fused-ring (bicyclic) bond motifs is 5. The van der Waals surface area contributed by atoms with Gasteiger partial charge in [0.15, 0.2) is 18.5 Å². The van der Waals surface area contributed by atoms with Crippen LogP contribution in [0.3, 0.4) is 0 Å². The smallest absolute Gasteiger partial charge is 0.333 e. The Balaban J connectivity index is 1.41. The average Bonchev–Trinajstić information content (AvgIpc) is 3.17. The third kappa shape index (κ3) is 4.99. The number of nitrogens with zero attached hydrogens (tertiary/aromatic N) is 1. The highest BCUT2D eigenvalue weighted by molar-refractivity contribution is 5.96. The lowest BCUT2D eigenvalue weighted by molar-refractivity contribution is -0.181. The van der Waals surface area contributed by atoms with E-state index in [9.17, 15) is 34.8 Å². The lowest BCUT2D eigenvalue weighted by Crippen LogP contribution is -2.62. The van der Waals surface area contributed by atoms with E-state index in [1.54, 1.807) is 13.8 Å². The van der Waals surface area contributed by atoms with Crippen molar-refractivity contribution in [3.8, 4) is 0 Å². The molecule has 4 aliphatic rings. The zero-order valence-electron chi connectivity index (χ0n) is 23.9. The summed E-state index contributed by atoms with van der Waals surface area (Å²) in [6, 6.07) is 0. The van der Waals surface area contributed by atoms with Crippen molar-refractivity contribution in [2.45, 2.75) is 90.4 Å². The molecule has 0 aromatic rings. The quantitative estimate of drug-likeness (QED) is 0.224. The van der Waals surface area contributed by atoms with Crippen molar-refractivity contribution in [1.29, 1.82) is 0 Å². The van der Waals surface area contributed by atoms with Crippen LogP contribution in [0.1, 0.15) is 72.6 Å². The van der Waals surface area contributed by atoms with Gasteiger partial charge in [0.05, 0.1) is 11.8 Å². The fourth-order valence-electron chi connectivity index (χ4n) is 8.35. The molecule has 0 spiro atoms. The first-order valence-corrected chi connectivity index (χ1v) is 14.2. The summed E-state index contributed by atoms with van der Waals surface area (Å²) in [6.07, 6.45) is 3.96. The highest BCUT2D eigenvalue weighted by atomic mass is 16.6. The summed E-state index contributed by atoms with van der Waals surface area (Å²) in [5.41, 5.74) is -1.83. The van der Waals surface area contributed by atoms with Gasteiger partial charge in [-0.2, -0.15) is 0 Å². The molecule has 3 fully saturated rings. The van der Waals surface area contributed by atoms with Gasteiger partial charge >= 0.3 is 5.97 Å². The van der Waals surface area contributed by atoms with E-state index in [1.165, 1.54) is 5.57 Å². The minimum absolute atomic E-state index is 0.0186. The molecule has 0 aromatic carbocycles. The molecule has 3 saturated carbocycles. The number of carbonyl (C=O) groups is 3. The van der Waals surface area contributed by atoms with Crippen molar-refractivity contribution < 1.29 is 44.8 Å². The molecule has 1 amide bonds. The minimum Gasteiger partial charge on any atom is -0.479 e. The van der Waals surface area contributed by atoms with Crippen LogP contribution in [-0.2, 0) is 19.2 Å². The number of rotatable bonds is 9. The van der Waals surface area contributed by atoms with Crippen LogP contribution in [0.15, 0.2) is 16.8 Å². The molecule has 0 aliphatic heterocycles. The Morgan fingerprint density at radius 3 is 2.55 bits per heavy atom. The molecule has 0 bridgehead atoms. The van der Waals surface area contributed by atoms with Crippen LogP contribution in [-0.4, -0.2) is 86.5 Å². The van der Waals surface area contributed by atoms with E-state index < -0.39 is 52.9 Å². The monoisotopic (exact) mass is 564 g/mol. The SMILES string of the molecule is CC(C)(CNC(=O)CO/N=C1/C=C2CC[C@@H]3[C@H]([C@H](O)C[C@@]4(C)[C@@H]3CC[C@]4(O)C(=O)CO)[C@@]2(C)CC1)[C@@H](O)C(=O)O. The molecule has 4 aliphatic carbocycles. The number of carboxylic acids is 1. The Hall–Kier alpha value is -2.34. The van der Waals surface area contributed by atoms with Crippen molar-refractivity contribution in [1.82, 2.24) is 5.32 Å². The molecule has 6 N–H and O–H groups in total. The Morgan fingerprint density at radius 1 is 1.20 bits per heavy atom. The lowest BCUT2D eigenvalue weighted by atomic mass is 9.45. The topological polar surface area (TPSA) is 186 Å². The molecular formula is C29H44N2O9. The first-order chi connectivity index (χ1) is 18.6. The van der Waals surface area contributed by atoms with E-state index in [-0.39, 0.29) is 36.3 Å². The fraction of sp³-hybridized carbons (Fsp3) is 0.793. The van der Waals surface area contributed by atoms with Crippen LogP contribution in [0.25, 0.3) is 0 Å². The van der Waals surface area contributed by atoms with Gasteiger partial charge in [0, 0.05) is 17.4 Å². The zero-order chi connectivity index (χ0) is 29.7. The van der Waals surface area contributed by atoms with Crippen molar-refractivity contribution in [3.05, 3.63) is 11.6 Å². The summed E-state index contributed by atoms with van der Waals surface area (Å²) in [5, 5.41) is 57.9. The molecule has 0 radical (unpaired) electrons. The molecule has 0 aromatic heterocycles. The second-order valence-corrected chi connectivity index (χ2v) is 13.5. The maximum Gasteiger partial charge on any atom is 0.333 e. The summed E-state index contributed by atoms with van der Waals surface area (Å²) in [6.45, 7) is 6.07. The number of Topliss-reactive ketones (excluding diaryl/α,β-unsaturated/α-hetero) is 1. The average molecular weight is 565 g/mol. The van der Waals surface area contributed by atoms with Crippen LogP contribution >= 0.6 is 0 Å². The standard InChI is InChI=1S/C29H44N2O9/c1-26(2,24(36)25(37)38)15-30-22(35)14-40-31-17-7-9-27(3)16(11-17)5-6-18-19-8-10-29(39,21(34)13-32)28(19,4)12-20(33)23(18)27/h11,18-20,23-24,32-33,36,39H,5-10,12-15H2,1-4H3,(H,30,35)(H,37,38)/b31-17+/t18-,19+,20+,23+,24-,27-,28-,29-/m0/s1. The number of hydrogen-bond acceptors (Lipinski definition) is 9.